The predicted molar refractivity (Wildman–Crippen MR) is 82.9 cm³/mol. The van der Waals surface area contributed by atoms with Gasteiger partial charge in [0.2, 0.25) is 0 Å². The maximum atomic E-state index is 9.09. The Morgan fingerprint density at radius 1 is 1.33 bits per heavy atom. The van der Waals surface area contributed by atoms with Crippen molar-refractivity contribution in [3.63, 3.8) is 0 Å². The fourth-order valence-corrected chi connectivity index (χ4v) is 4.23. The molecule has 1 heterocycles. The van der Waals surface area contributed by atoms with E-state index in [0.717, 1.165) is 23.9 Å². The molecule has 3 heteroatoms. The van der Waals surface area contributed by atoms with Crippen LogP contribution >= 0.6 is 0 Å². The Kier molecular flexibility index (Phi) is 2.82. The number of fused-ring (bicyclic) bond motifs is 2. The van der Waals surface area contributed by atoms with Gasteiger partial charge in [0.25, 0.3) is 0 Å². The minimum atomic E-state index is 0.607. The van der Waals surface area contributed by atoms with Gasteiger partial charge in [-0.25, -0.2) is 4.98 Å². The second-order valence-electron chi connectivity index (χ2n) is 7.07. The van der Waals surface area contributed by atoms with Crippen LogP contribution in [0.1, 0.15) is 50.4 Å². The topological polar surface area (TPSA) is 41.6 Å². The molecule has 0 N–H and O–H groups in total. The molecule has 2 aliphatic rings. The summed E-state index contributed by atoms with van der Waals surface area (Å²) < 4.78 is 2.42. The van der Waals surface area contributed by atoms with E-state index < -0.39 is 0 Å². The number of nitrogens with zero attached hydrogens (tertiary/aromatic N) is 3. The van der Waals surface area contributed by atoms with Gasteiger partial charge in [-0.2, -0.15) is 5.26 Å². The molecule has 0 saturated heterocycles. The Morgan fingerprint density at radius 3 is 2.76 bits per heavy atom. The summed E-state index contributed by atoms with van der Waals surface area (Å²) in [6, 6.07) is 8.15. The molecule has 108 valence electrons. The van der Waals surface area contributed by atoms with Crippen molar-refractivity contribution in [1.82, 2.24) is 9.55 Å². The Morgan fingerprint density at radius 2 is 2.10 bits per heavy atom. The normalized spacial score (nSPS) is 27.0. The zero-order valence-corrected chi connectivity index (χ0v) is 12.7. The van der Waals surface area contributed by atoms with Gasteiger partial charge in [-0.3, -0.25) is 0 Å². The highest BCUT2D eigenvalue weighted by Crippen LogP contribution is 2.63. The lowest BCUT2D eigenvalue weighted by Crippen LogP contribution is -2.09. The first-order valence-electron chi connectivity index (χ1n) is 8.09. The van der Waals surface area contributed by atoms with Crippen LogP contribution in [0.15, 0.2) is 18.2 Å². The summed E-state index contributed by atoms with van der Waals surface area (Å²) >= 11 is 0. The van der Waals surface area contributed by atoms with E-state index >= 15 is 0 Å². The molecular weight excluding hydrogens is 258 g/mol. The van der Waals surface area contributed by atoms with Crippen LogP contribution in [0.2, 0.25) is 0 Å². The van der Waals surface area contributed by atoms with Gasteiger partial charge < -0.3 is 4.57 Å². The number of rotatable bonds is 3. The third kappa shape index (κ3) is 1.97. The van der Waals surface area contributed by atoms with E-state index in [1.54, 1.807) is 0 Å². The lowest BCUT2D eigenvalue weighted by atomic mass is 10.1. The van der Waals surface area contributed by atoms with Gasteiger partial charge in [0.1, 0.15) is 5.82 Å². The molecule has 2 fully saturated rings. The molecule has 0 radical (unpaired) electrons. The summed E-state index contributed by atoms with van der Waals surface area (Å²) in [5.74, 6) is 4.32. The van der Waals surface area contributed by atoms with Crippen molar-refractivity contribution in [1.29, 1.82) is 5.26 Å². The molecule has 2 unspecified atom stereocenters. The molecule has 21 heavy (non-hydrogen) atoms. The molecule has 3 nitrogen and oxygen atoms in total. The fourth-order valence-electron chi connectivity index (χ4n) is 4.23. The number of aromatic nitrogens is 2. The van der Waals surface area contributed by atoms with Crippen LogP contribution in [0.25, 0.3) is 11.0 Å². The zero-order valence-electron chi connectivity index (χ0n) is 12.7. The van der Waals surface area contributed by atoms with Crippen LogP contribution in [-0.4, -0.2) is 9.55 Å². The second-order valence-corrected chi connectivity index (χ2v) is 7.07. The van der Waals surface area contributed by atoms with Crippen LogP contribution in [-0.2, 0) is 6.54 Å². The van der Waals surface area contributed by atoms with E-state index in [4.69, 9.17) is 10.2 Å². The van der Waals surface area contributed by atoms with Crippen molar-refractivity contribution in [2.75, 3.05) is 0 Å². The van der Waals surface area contributed by atoms with Crippen molar-refractivity contribution in [2.24, 2.45) is 17.8 Å². The molecule has 0 bridgehead atoms. The van der Waals surface area contributed by atoms with E-state index in [1.165, 1.54) is 30.6 Å². The molecular formula is C18H21N3. The van der Waals surface area contributed by atoms with Crippen LogP contribution in [0, 0.1) is 29.1 Å². The molecule has 0 amide bonds. The lowest BCUT2D eigenvalue weighted by Gasteiger charge is -2.12. The molecule has 1 aromatic heterocycles. The molecule has 2 saturated carbocycles. The van der Waals surface area contributed by atoms with Gasteiger partial charge in [0.15, 0.2) is 0 Å². The highest BCUT2D eigenvalue weighted by atomic mass is 15.1. The first-order valence-corrected chi connectivity index (χ1v) is 8.09. The Labute approximate surface area is 125 Å². The summed E-state index contributed by atoms with van der Waals surface area (Å²) in [5.41, 5.74) is 2.90. The molecule has 0 aliphatic heterocycles. The number of hydrogen-bond donors (Lipinski definition) is 0. The van der Waals surface area contributed by atoms with Crippen LogP contribution in [0.4, 0.5) is 0 Å². The van der Waals surface area contributed by atoms with Crippen molar-refractivity contribution < 1.29 is 0 Å². The van der Waals surface area contributed by atoms with Gasteiger partial charge in [-0.1, -0.05) is 20.3 Å². The smallest absolute Gasteiger partial charge is 0.113 e. The summed E-state index contributed by atoms with van der Waals surface area (Å²) in [5, 5.41) is 9.09. The first-order chi connectivity index (χ1) is 10.2. The molecule has 4 rings (SSSR count). The first kappa shape index (κ1) is 12.9. The summed E-state index contributed by atoms with van der Waals surface area (Å²) in [7, 11) is 0. The number of hydrogen-bond acceptors (Lipinski definition) is 2. The Hall–Kier alpha value is -1.82. The average Bonchev–Trinajstić information content (AvgIpc) is 2.84. The highest BCUT2D eigenvalue weighted by molar-refractivity contribution is 5.78. The SMILES string of the molecule is CC(C)Cn1c(C2C3CCCC32)nc2cc(C#N)ccc21. The van der Waals surface area contributed by atoms with E-state index in [-0.39, 0.29) is 0 Å². The van der Waals surface area contributed by atoms with Gasteiger partial charge in [0.05, 0.1) is 22.7 Å². The summed E-state index contributed by atoms with van der Waals surface area (Å²) in [4.78, 5) is 4.93. The largest absolute Gasteiger partial charge is 0.327 e. The summed E-state index contributed by atoms with van der Waals surface area (Å²) in [6.07, 6.45) is 4.15. The molecule has 0 spiro atoms. The highest BCUT2D eigenvalue weighted by Gasteiger charge is 2.55. The third-order valence-corrected chi connectivity index (χ3v) is 5.16. The monoisotopic (exact) mass is 279 g/mol. The van der Waals surface area contributed by atoms with E-state index in [0.29, 0.717) is 17.4 Å². The summed E-state index contributed by atoms with van der Waals surface area (Å²) in [6.45, 7) is 5.54. The fraction of sp³-hybridized carbons (Fsp3) is 0.556. The number of benzene rings is 1. The maximum absolute atomic E-state index is 9.09. The van der Waals surface area contributed by atoms with Gasteiger partial charge in [-0.15, -0.1) is 0 Å². The van der Waals surface area contributed by atoms with Gasteiger partial charge in [0, 0.05) is 12.5 Å². The number of imidazole rings is 1. The average molecular weight is 279 g/mol. The van der Waals surface area contributed by atoms with Gasteiger partial charge >= 0.3 is 0 Å². The minimum absolute atomic E-state index is 0.607. The van der Waals surface area contributed by atoms with Gasteiger partial charge in [-0.05, 0) is 48.8 Å². The van der Waals surface area contributed by atoms with Crippen molar-refractivity contribution in [3.05, 3.63) is 29.6 Å². The van der Waals surface area contributed by atoms with E-state index in [2.05, 4.69) is 30.6 Å². The minimum Gasteiger partial charge on any atom is -0.327 e. The van der Waals surface area contributed by atoms with Crippen LogP contribution < -0.4 is 0 Å². The maximum Gasteiger partial charge on any atom is 0.113 e. The Balaban J connectivity index is 1.82. The second kappa shape index (κ2) is 4.59. The molecule has 1 aromatic carbocycles. The lowest BCUT2D eigenvalue weighted by molar-refractivity contribution is 0.506. The zero-order chi connectivity index (χ0) is 14.6. The molecule has 2 aromatic rings. The Bertz CT molecular complexity index is 725. The van der Waals surface area contributed by atoms with Crippen molar-refractivity contribution in [2.45, 2.75) is 45.6 Å². The molecule has 2 atom stereocenters. The quantitative estimate of drug-likeness (QED) is 0.849. The van der Waals surface area contributed by atoms with E-state index in [9.17, 15) is 0 Å². The molecule has 2 aliphatic carbocycles. The van der Waals surface area contributed by atoms with Crippen molar-refractivity contribution in [3.8, 4) is 6.07 Å². The standard InChI is InChI=1S/C18H21N3/c1-11(2)10-21-16-7-6-12(9-19)8-15(16)20-18(21)17-13-4-3-5-14(13)17/h6-8,11,13-14,17H,3-5,10H2,1-2H3. The van der Waals surface area contributed by atoms with Crippen molar-refractivity contribution >= 4 is 11.0 Å². The van der Waals surface area contributed by atoms with Crippen LogP contribution in [0.3, 0.4) is 0 Å². The third-order valence-electron chi connectivity index (χ3n) is 5.16. The van der Waals surface area contributed by atoms with E-state index in [1.807, 2.05) is 12.1 Å². The number of nitriles is 1. The predicted octanol–water partition coefficient (Wildman–Crippen LogP) is 4.08. The van der Waals surface area contributed by atoms with Crippen LogP contribution in [0.5, 0.6) is 0 Å².